The van der Waals surface area contributed by atoms with E-state index in [1.54, 1.807) is 48.5 Å². The SMILES string of the molecule is N#CC(c1ccccc1F)N1CCN(S(=O)(=O)c2ccccc2)CC1. The minimum Gasteiger partial charge on any atom is -0.282 e. The van der Waals surface area contributed by atoms with Gasteiger partial charge in [0.05, 0.1) is 11.0 Å². The first-order valence-corrected chi connectivity index (χ1v) is 9.41. The second-order valence-corrected chi connectivity index (χ2v) is 7.74. The standard InChI is InChI=1S/C18H18FN3O2S/c19-17-9-5-4-8-16(17)18(14-20)21-10-12-22(13-11-21)25(23,24)15-6-2-1-3-7-15/h1-9,18H,10-13H2. The summed E-state index contributed by atoms with van der Waals surface area (Å²) in [5.41, 5.74) is 0.323. The van der Waals surface area contributed by atoms with E-state index < -0.39 is 21.9 Å². The first-order chi connectivity index (χ1) is 12.0. The van der Waals surface area contributed by atoms with Gasteiger partial charge in [-0.2, -0.15) is 9.57 Å². The second-order valence-electron chi connectivity index (χ2n) is 5.81. The molecule has 25 heavy (non-hydrogen) atoms. The highest BCUT2D eigenvalue weighted by Crippen LogP contribution is 2.25. The third-order valence-electron chi connectivity index (χ3n) is 4.34. The molecule has 7 heteroatoms. The third kappa shape index (κ3) is 3.56. The molecule has 0 saturated carbocycles. The highest BCUT2D eigenvalue weighted by Gasteiger charge is 2.32. The van der Waals surface area contributed by atoms with Crippen molar-refractivity contribution in [2.24, 2.45) is 0 Å². The van der Waals surface area contributed by atoms with Crippen molar-refractivity contribution in [3.63, 3.8) is 0 Å². The van der Waals surface area contributed by atoms with Gasteiger partial charge in [-0.1, -0.05) is 36.4 Å². The molecule has 0 spiro atoms. The molecule has 1 aliphatic rings. The third-order valence-corrected chi connectivity index (χ3v) is 6.25. The summed E-state index contributed by atoms with van der Waals surface area (Å²) >= 11 is 0. The molecule has 2 aromatic carbocycles. The van der Waals surface area contributed by atoms with Gasteiger partial charge in [0, 0.05) is 31.7 Å². The van der Waals surface area contributed by atoms with E-state index in [0.717, 1.165) is 0 Å². The molecule has 1 aliphatic heterocycles. The van der Waals surface area contributed by atoms with Gasteiger partial charge in [0.1, 0.15) is 11.9 Å². The quantitative estimate of drug-likeness (QED) is 0.841. The summed E-state index contributed by atoms with van der Waals surface area (Å²) < 4.78 is 40.7. The minimum atomic E-state index is -3.54. The number of rotatable bonds is 4. The number of hydrogen-bond acceptors (Lipinski definition) is 4. The van der Waals surface area contributed by atoms with Crippen molar-refractivity contribution in [3.05, 3.63) is 66.0 Å². The van der Waals surface area contributed by atoms with Crippen molar-refractivity contribution >= 4 is 10.0 Å². The lowest BCUT2D eigenvalue weighted by Crippen LogP contribution is -2.49. The molecule has 0 radical (unpaired) electrons. The van der Waals surface area contributed by atoms with Crippen molar-refractivity contribution < 1.29 is 12.8 Å². The molecule has 1 fully saturated rings. The minimum absolute atomic E-state index is 0.259. The van der Waals surface area contributed by atoms with Crippen molar-refractivity contribution in [3.8, 4) is 6.07 Å². The van der Waals surface area contributed by atoms with E-state index in [4.69, 9.17) is 0 Å². The Kier molecular flexibility index (Phi) is 5.13. The van der Waals surface area contributed by atoms with E-state index >= 15 is 0 Å². The van der Waals surface area contributed by atoms with Crippen LogP contribution in [-0.2, 0) is 10.0 Å². The Labute approximate surface area is 147 Å². The molecule has 0 aliphatic carbocycles. The molecule has 5 nitrogen and oxygen atoms in total. The molecule has 3 rings (SSSR count). The van der Waals surface area contributed by atoms with E-state index in [1.807, 2.05) is 4.90 Å². The van der Waals surface area contributed by atoms with E-state index in [0.29, 0.717) is 18.7 Å². The predicted octanol–water partition coefficient (Wildman–Crippen LogP) is 2.40. The molecule has 130 valence electrons. The molecule has 0 aromatic heterocycles. The highest BCUT2D eigenvalue weighted by molar-refractivity contribution is 7.89. The molecule has 0 N–H and O–H groups in total. The number of halogens is 1. The van der Waals surface area contributed by atoms with Crippen LogP contribution in [0.4, 0.5) is 4.39 Å². The van der Waals surface area contributed by atoms with Crippen LogP contribution in [0.5, 0.6) is 0 Å². The van der Waals surface area contributed by atoms with Gasteiger partial charge >= 0.3 is 0 Å². The van der Waals surface area contributed by atoms with Crippen LogP contribution in [0, 0.1) is 17.1 Å². The van der Waals surface area contributed by atoms with Gasteiger partial charge in [-0.25, -0.2) is 12.8 Å². The Morgan fingerprint density at radius 2 is 1.56 bits per heavy atom. The number of hydrogen-bond donors (Lipinski definition) is 0. The van der Waals surface area contributed by atoms with Crippen LogP contribution in [-0.4, -0.2) is 43.8 Å². The maximum Gasteiger partial charge on any atom is 0.243 e. The van der Waals surface area contributed by atoms with Gasteiger partial charge in [-0.3, -0.25) is 4.90 Å². The summed E-state index contributed by atoms with van der Waals surface area (Å²) in [6.07, 6.45) is 0. The molecule has 0 amide bonds. The van der Waals surface area contributed by atoms with Gasteiger partial charge in [0.25, 0.3) is 0 Å². The zero-order valence-corrected chi connectivity index (χ0v) is 14.4. The van der Waals surface area contributed by atoms with Crippen LogP contribution in [0.2, 0.25) is 0 Å². The first-order valence-electron chi connectivity index (χ1n) is 7.97. The second kappa shape index (κ2) is 7.31. The van der Waals surface area contributed by atoms with Crippen molar-refractivity contribution in [1.29, 1.82) is 5.26 Å². The Morgan fingerprint density at radius 1 is 0.960 bits per heavy atom. The Balaban J connectivity index is 1.74. The number of nitriles is 1. The lowest BCUT2D eigenvalue weighted by atomic mass is 10.1. The van der Waals surface area contributed by atoms with Gasteiger partial charge in [0.15, 0.2) is 0 Å². The number of piperazine rings is 1. The van der Waals surface area contributed by atoms with Crippen molar-refractivity contribution in [1.82, 2.24) is 9.21 Å². The highest BCUT2D eigenvalue weighted by atomic mass is 32.2. The average Bonchev–Trinajstić information content (AvgIpc) is 2.65. The molecule has 2 aromatic rings. The Bertz CT molecular complexity index is 873. The predicted molar refractivity (Wildman–Crippen MR) is 91.5 cm³/mol. The summed E-state index contributed by atoms with van der Waals surface area (Å²) in [5, 5.41) is 9.47. The molecule has 1 saturated heterocycles. The monoisotopic (exact) mass is 359 g/mol. The van der Waals surface area contributed by atoms with Gasteiger partial charge in [0.2, 0.25) is 10.0 Å². The molecule has 1 heterocycles. The zero-order valence-electron chi connectivity index (χ0n) is 13.5. The first kappa shape index (κ1) is 17.5. The maximum absolute atomic E-state index is 14.0. The van der Waals surface area contributed by atoms with Crippen molar-refractivity contribution in [2.45, 2.75) is 10.9 Å². The van der Waals surface area contributed by atoms with Crippen LogP contribution in [0.25, 0.3) is 0 Å². The van der Waals surface area contributed by atoms with Crippen LogP contribution < -0.4 is 0 Å². The summed E-state index contributed by atoms with van der Waals surface area (Å²) in [6.45, 7) is 1.28. The molecule has 1 atom stereocenters. The van der Waals surface area contributed by atoms with Crippen LogP contribution >= 0.6 is 0 Å². The summed E-state index contributed by atoms with van der Waals surface area (Å²) in [6, 6.07) is 15.9. The molecule has 0 bridgehead atoms. The van der Waals surface area contributed by atoms with Gasteiger partial charge in [-0.05, 0) is 18.2 Å². The number of nitrogens with zero attached hydrogens (tertiary/aromatic N) is 3. The number of sulfonamides is 1. The van der Waals surface area contributed by atoms with Crippen LogP contribution in [0.3, 0.4) is 0 Å². The van der Waals surface area contributed by atoms with E-state index in [1.165, 1.54) is 10.4 Å². The van der Waals surface area contributed by atoms with E-state index in [2.05, 4.69) is 6.07 Å². The van der Waals surface area contributed by atoms with Crippen LogP contribution in [0.15, 0.2) is 59.5 Å². The Morgan fingerprint density at radius 3 is 2.16 bits per heavy atom. The molecular weight excluding hydrogens is 341 g/mol. The van der Waals surface area contributed by atoms with Gasteiger partial charge < -0.3 is 0 Å². The lowest BCUT2D eigenvalue weighted by molar-refractivity contribution is 0.160. The Hall–Kier alpha value is -2.27. The molecular formula is C18H18FN3O2S. The average molecular weight is 359 g/mol. The fraction of sp³-hybridized carbons (Fsp3) is 0.278. The summed E-state index contributed by atoms with van der Waals surface area (Å²) in [7, 11) is -3.54. The normalized spacial score (nSPS) is 17.8. The topological polar surface area (TPSA) is 64.4 Å². The number of benzene rings is 2. The maximum atomic E-state index is 14.0. The fourth-order valence-corrected chi connectivity index (χ4v) is 4.43. The van der Waals surface area contributed by atoms with E-state index in [-0.39, 0.29) is 18.0 Å². The zero-order chi connectivity index (χ0) is 17.9. The summed E-state index contributed by atoms with van der Waals surface area (Å²) in [4.78, 5) is 2.07. The largest absolute Gasteiger partial charge is 0.282 e. The van der Waals surface area contributed by atoms with Crippen molar-refractivity contribution in [2.75, 3.05) is 26.2 Å². The smallest absolute Gasteiger partial charge is 0.243 e. The summed E-state index contributed by atoms with van der Waals surface area (Å²) in [5.74, 6) is -0.423. The lowest BCUT2D eigenvalue weighted by Gasteiger charge is -2.36. The molecule has 1 unspecified atom stereocenters. The van der Waals surface area contributed by atoms with Gasteiger partial charge in [-0.15, -0.1) is 0 Å². The fourth-order valence-electron chi connectivity index (χ4n) is 2.99. The van der Waals surface area contributed by atoms with E-state index in [9.17, 15) is 18.1 Å². The van der Waals surface area contributed by atoms with Crippen LogP contribution in [0.1, 0.15) is 11.6 Å².